The summed E-state index contributed by atoms with van der Waals surface area (Å²) in [5.41, 5.74) is 4.81. The standard InChI is InChI=1S/C45H46FN9O5S2/c1-5-62(47,59)34-9-7-32(8-10-34)52-18-19-53(44(52)58)40-38-28(4)51(17-12-35(38)49-55(40)33-22-26(2)39(46)27(3)23-33)41(56)37-25-31-24-30(29-13-20-60-21-14-29)6-11-36(31)54(37)45(15-16-45)42-48-43(57)61-50-42/h6-11,18-19,22-25,28-29,47H,5,12-17,20-21H2,1-4H3,(H,48,50,57)/t28-,62?/m0/s1. The molecule has 2 aliphatic heterocycles. The predicted octanol–water partition coefficient (Wildman–Crippen LogP) is 7.29. The quantitative estimate of drug-likeness (QED) is 0.154. The van der Waals surface area contributed by atoms with Gasteiger partial charge in [0, 0.05) is 77.2 Å². The normalized spacial score (nSPS) is 18.5. The number of H-pyrrole nitrogens is 1. The van der Waals surface area contributed by atoms with E-state index in [0.717, 1.165) is 35.3 Å². The molecule has 2 N–H and O–H groups in total. The highest BCUT2D eigenvalue weighted by Crippen LogP contribution is 2.51. The summed E-state index contributed by atoms with van der Waals surface area (Å²) in [7, 11) is -2.95. The fourth-order valence-electron chi connectivity index (χ4n) is 9.52. The lowest BCUT2D eigenvalue weighted by molar-refractivity contribution is 0.0664. The highest BCUT2D eigenvalue weighted by atomic mass is 32.2. The van der Waals surface area contributed by atoms with Crippen molar-refractivity contribution >= 4 is 38.1 Å². The topological polar surface area (TPSA) is 166 Å². The Bertz CT molecular complexity index is 3140. The van der Waals surface area contributed by atoms with E-state index in [4.69, 9.17) is 14.6 Å². The summed E-state index contributed by atoms with van der Waals surface area (Å²) in [6.45, 7) is 8.80. The van der Waals surface area contributed by atoms with Crippen LogP contribution in [0.1, 0.15) is 95.8 Å². The fourth-order valence-corrected chi connectivity index (χ4v) is 11.0. The van der Waals surface area contributed by atoms with Gasteiger partial charge >= 0.3 is 10.6 Å². The monoisotopic (exact) mass is 875 g/mol. The number of rotatable bonds is 9. The van der Waals surface area contributed by atoms with Crippen LogP contribution in [0.3, 0.4) is 0 Å². The van der Waals surface area contributed by atoms with Crippen molar-refractivity contribution in [2.75, 3.05) is 25.5 Å². The number of aromatic nitrogens is 7. The van der Waals surface area contributed by atoms with Gasteiger partial charge in [-0.2, -0.15) is 9.47 Å². The van der Waals surface area contributed by atoms with Crippen LogP contribution in [-0.4, -0.2) is 73.4 Å². The van der Waals surface area contributed by atoms with Gasteiger partial charge in [0.05, 0.1) is 32.8 Å². The lowest BCUT2D eigenvalue weighted by atomic mass is 9.91. The molecule has 1 saturated carbocycles. The Kier molecular flexibility index (Phi) is 9.64. The third-order valence-corrected chi connectivity index (χ3v) is 15.4. The number of benzene rings is 3. The lowest BCUT2D eigenvalue weighted by Gasteiger charge is -2.34. The van der Waals surface area contributed by atoms with E-state index in [9.17, 15) is 13.8 Å². The second-order valence-corrected chi connectivity index (χ2v) is 19.9. The summed E-state index contributed by atoms with van der Waals surface area (Å²) in [4.78, 5) is 47.3. The largest absolute Gasteiger partial charge is 0.381 e. The van der Waals surface area contributed by atoms with Crippen molar-refractivity contribution in [3.8, 4) is 17.2 Å². The van der Waals surface area contributed by atoms with Crippen LogP contribution in [0, 0.1) is 24.4 Å². The van der Waals surface area contributed by atoms with E-state index < -0.39 is 27.0 Å². The minimum Gasteiger partial charge on any atom is -0.381 e. The molecule has 62 heavy (non-hydrogen) atoms. The van der Waals surface area contributed by atoms with Gasteiger partial charge in [0.15, 0.2) is 0 Å². The van der Waals surface area contributed by atoms with E-state index in [2.05, 4.69) is 32.1 Å². The summed E-state index contributed by atoms with van der Waals surface area (Å²) in [5.74, 6) is 0.971. The number of carbonyl (C=O) groups is 1. The van der Waals surface area contributed by atoms with E-state index in [1.165, 1.54) is 14.7 Å². The number of ether oxygens (including phenoxy) is 1. The van der Waals surface area contributed by atoms with Crippen molar-refractivity contribution in [3.63, 3.8) is 0 Å². The average molecular weight is 876 g/mol. The van der Waals surface area contributed by atoms with E-state index in [1.807, 2.05) is 17.9 Å². The van der Waals surface area contributed by atoms with Crippen LogP contribution >= 0.6 is 11.5 Å². The highest BCUT2D eigenvalue weighted by molar-refractivity contribution is 7.92. The third-order valence-electron chi connectivity index (χ3n) is 13.1. The maximum atomic E-state index is 15.4. The van der Waals surface area contributed by atoms with Crippen LogP contribution in [0.4, 0.5) is 4.39 Å². The summed E-state index contributed by atoms with van der Waals surface area (Å²) in [5, 5.41) is 6.01. The number of imidazole rings is 1. The first-order valence-electron chi connectivity index (χ1n) is 21.0. The second kappa shape index (κ2) is 14.9. The number of nitrogens with one attached hydrogen (secondary N) is 2. The fraction of sp³-hybridized carbons (Fsp3) is 0.356. The molecular formula is C45H46FN9O5S2. The van der Waals surface area contributed by atoms with Crippen molar-refractivity contribution in [2.24, 2.45) is 0 Å². The molecule has 320 valence electrons. The minimum atomic E-state index is -2.95. The van der Waals surface area contributed by atoms with Gasteiger partial charge in [-0.15, -0.1) is 0 Å². The molecule has 14 nitrogen and oxygen atoms in total. The summed E-state index contributed by atoms with van der Waals surface area (Å²) < 4.78 is 53.0. The molecule has 7 aromatic rings. The van der Waals surface area contributed by atoms with Crippen LogP contribution in [-0.2, 0) is 26.4 Å². The molecule has 3 aromatic carbocycles. The highest BCUT2D eigenvalue weighted by Gasteiger charge is 2.52. The molecule has 4 aromatic heterocycles. The number of nitrogens with zero attached hydrogens (tertiary/aromatic N) is 7. The number of hydrogen-bond donors (Lipinski definition) is 2. The Labute approximate surface area is 360 Å². The first-order chi connectivity index (χ1) is 29.8. The van der Waals surface area contributed by atoms with Crippen molar-refractivity contribution in [1.29, 1.82) is 4.78 Å². The number of amides is 1. The SMILES string of the molecule is CCS(=N)(=O)c1ccc(-n2ccn(-c3c4c(nn3-c3cc(C)c(F)c(C)c3)CCN(C(=O)c3cc5cc(C6CCOCC6)ccc5n3C3(c5nsc(=O)[nH]5)CC3)[C@H]4C)c2=O)cc1. The first-order valence-corrected chi connectivity index (χ1v) is 23.5. The third kappa shape index (κ3) is 6.42. The van der Waals surface area contributed by atoms with Gasteiger partial charge in [-0.05, 0) is 124 Å². The Morgan fingerprint density at radius 2 is 1.71 bits per heavy atom. The minimum absolute atomic E-state index is 0.172. The zero-order valence-corrected chi connectivity index (χ0v) is 36.4. The van der Waals surface area contributed by atoms with Gasteiger partial charge < -0.3 is 14.2 Å². The van der Waals surface area contributed by atoms with Crippen molar-refractivity contribution in [3.05, 3.63) is 138 Å². The van der Waals surface area contributed by atoms with Crippen LogP contribution in [0.2, 0.25) is 0 Å². The Morgan fingerprint density at radius 1 is 1.00 bits per heavy atom. The van der Waals surface area contributed by atoms with Gasteiger partial charge in [0.2, 0.25) is 0 Å². The maximum absolute atomic E-state index is 15.4. The first kappa shape index (κ1) is 40.2. The van der Waals surface area contributed by atoms with E-state index in [-0.39, 0.29) is 22.4 Å². The summed E-state index contributed by atoms with van der Waals surface area (Å²) in [6, 6.07) is 17.8. The van der Waals surface area contributed by atoms with Gasteiger partial charge in [-0.25, -0.2) is 22.9 Å². The second-order valence-electron chi connectivity index (χ2n) is 16.7. The van der Waals surface area contributed by atoms with Crippen LogP contribution in [0.25, 0.3) is 28.1 Å². The van der Waals surface area contributed by atoms with E-state index in [1.54, 1.807) is 74.2 Å². The molecule has 0 bridgehead atoms. The number of halogens is 1. The van der Waals surface area contributed by atoms with Crippen molar-refractivity contribution < 1.29 is 18.1 Å². The number of aryl methyl sites for hydroxylation is 2. The summed E-state index contributed by atoms with van der Waals surface area (Å²) >= 11 is 0.876. The Balaban J connectivity index is 1.10. The van der Waals surface area contributed by atoms with Gasteiger partial charge in [-0.3, -0.25) is 23.7 Å². The Hall–Kier alpha value is -5.91. The number of aromatic amines is 1. The van der Waals surface area contributed by atoms with Crippen molar-refractivity contribution in [1.82, 2.24) is 37.7 Å². The van der Waals surface area contributed by atoms with Gasteiger partial charge in [0.1, 0.15) is 28.7 Å². The molecule has 6 heterocycles. The average Bonchev–Trinajstić information content (AvgIpc) is 3.56. The molecule has 1 unspecified atom stereocenters. The zero-order chi connectivity index (χ0) is 43.2. The van der Waals surface area contributed by atoms with E-state index >= 15 is 9.18 Å². The molecule has 1 aliphatic carbocycles. The van der Waals surface area contributed by atoms with Crippen LogP contribution in [0.15, 0.2) is 87.5 Å². The van der Waals surface area contributed by atoms with Crippen LogP contribution in [0.5, 0.6) is 0 Å². The maximum Gasteiger partial charge on any atom is 0.338 e. The van der Waals surface area contributed by atoms with Gasteiger partial charge in [-0.1, -0.05) is 13.0 Å². The molecule has 2 fully saturated rings. The van der Waals surface area contributed by atoms with E-state index in [0.29, 0.717) is 101 Å². The lowest BCUT2D eigenvalue weighted by Crippen LogP contribution is -2.41. The number of fused-ring (bicyclic) bond motifs is 2. The van der Waals surface area contributed by atoms with Crippen molar-refractivity contribution in [2.45, 2.75) is 82.2 Å². The smallest absolute Gasteiger partial charge is 0.338 e. The predicted molar refractivity (Wildman–Crippen MR) is 235 cm³/mol. The molecule has 0 radical (unpaired) electrons. The van der Waals surface area contributed by atoms with Gasteiger partial charge in [0.25, 0.3) is 5.91 Å². The number of carbonyl (C=O) groups excluding carboxylic acids is 1. The molecule has 1 saturated heterocycles. The molecule has 10 rings (SSSR count). The molecule has 0 spiro atoms. The Morgan fingerprint density at radius 3 is 2.37 bits per heavy atom. The summed E-state index contributed by atoms with van der Waals surface area (Å²) in [6.07, 6.45) is 6.94. The molecular weight excluding hydrogens is 830 g/mol. The molecule has 3 aliphatic rings. The zero-order valence-electron chi connectivity index (χ0n) is 34.8. The van der Waals surface area contributed by atoms with Crippen LogP contribution < -0.4 is 10.6 Å². The molecule has 17 heteroatoms. The molecule has 2 atom stereocenters. The molecule has 1 amide bonds. The number of hydrogen-bond acceptors (Lipinski definition) is 9.